The molecule has 0 bridgehead atoms. The largest absolute Gasteiger partial charge is 0.497 e. The highest BCUT2D eigenvalue weighted by Crippen LogP contribution is 2.18. The highest BCUT2D eigenvalue weighted by Gasteiger charge is 2.16. The normalized spacial score (nSPS) is 10.7. The number of hydrogen-bond acceptors (Lipinski definition) is 5. The predicted molar refractivity (Wildman–Crippen MR) is 112 cm³/mol. The molecule has 1 amide bonds. The van der Waals surface area contributed by atoms with Crippen molar-refractivity contribution in [3.63, 3.8) is 0 Å². The van der Waals surface area contributed by atoms with Crippen LogP contribution in [-0.4, -0.2) is 27.6 Å². The highest BCUT2D eigenvalue weighted by molar-refractivity contribution is 6.08. The average Bonchev–Trinajstić information content (AvgIpc) is 3.19. The molecule has 0 atom stereocenters. The van der Waals surface area contributed by atoms with Gasteiger partial charge in [0.15, 0.2) is 5.65 Å². The fourth-order valence-electron chi connectivity index (χ4n) is 2.93. The molecule has 8 nitrogen and oxygen atoms in total. The molecule has 0 spiro atoms. The molecule has 0 radical (unpaired) electrons. The molecule has 2 aromatic heterocycles. The summed E-state index contributed by atoms with van der Waals surface area (Å²) in [7, 11) is 1.59. The van der Waals surface area contributed by atoms with Gasteiger partial charge in [-0.2, -0.15) is 0 Å². The van der Waals surface area contributed by atoms with E-state index >= 15 is 0 Å². The minimum Gasteiger partial charge on any atom is -0.497 e. The maximum absolute atomic E-state index is 12.7. The first-order valence-electron chi connectivity index (χ1n) is 9.28. The van der Waals surface area contributed by atoms with Crippen molar-refractivity contribution in [2.24, 2.45) is 0 Å². The van der Waals surface area contributed by atoms with Gasteiger partial charge < -0.3 is 14.8 Å². The van der Waals surface area contributed by atoms with Crippen LogP contribution < -0.4 is 20.3 Å². The number of hydrogen-bond donors (Lipinski definition) is 2. The fraction of sp³-hybridized carbons (Fsp3) is 0.136. The Kier molecular flexibility index (Phi) is 5.21. The van der Waals surface area contributed by atoms with Gasteiger partial charge in [0.2, 0.25) is 0 Å². The zero-order valence-electron chi connectivity index (χ0n) is 16.5. The van der Waals surface area contributed by atoms with Crippen molar-refractivity contribution >= 4 is 17.2 Å². The lowest BCUT2D eigenvalue weighted by Gasteiger charge is -2.07. The van der Waals surface area contributed by atoms with E-state index in [1.54, 1.807) is 31.4 Å². The topological polar surface area (TPSA) is 97.7 Å². The molecule has 0 saturated carbocycles. The average molecular weight is 404 g/mol. The summed E-state index contributed by atoms with van der Waals surface area (Å²) in [5.41, 5.74) is 2.34. The van der Waals surface area contributed by atoms with Crippen molar-refractivity contribution in [2.45, 2.75) is 13.5 Å². The van der Waals surface area contributed by atoms with Crippen molar-refractivity contribution in [3.05, 3.63) is 88.0 Å². The number of nitrogens with zero attached hydrogens (tertiary/aromatic N) is 2. The first-order chi connectivity index (χ1) is 14.5. The Morgan fingerprint density at radius 3 is 2.50 bits per heavy atom. The highest BCUT2D eigenvalue weighted by atomic mass is 16.5. The number of amides is 1. The minimum absolute atomic E-state index is 0.0856. The van der Waals surface area contributed by atoms with E-state index in [4.69, 9.17) is 9.47 Å². The predicted octanol–water partition coefficient (Wildman–Crippen LogP) is 3.17. The van der Waals surface area contributed by atoms with Crippen LogP contribution in [0.3, 0.4) is 0 Å². The number of H-pyrrole nitrogens is 1. The zero-order valence-corrected chi connectivity index (χ0v) is 16.5. The van der Waals surface area contributed by atoms with Crippen LogP contribution >= 0.6 is 0 Å². The summed E-state index contributed by atoms with van der Waals surface area (Å²) in [5.74, 6) is 0.971. The number of ether oxygens (including phenoxy) is 2. The van der Waals surface area contributed by atoms with E-state index in [0.717, 1.165) is 11.3 Å². The summed E-state index contributed by atoms with van der Waals surface area (Å²) in [5, 5.41) is 5.59. The molecular weight excluding hydrogens is 384 g/mol. The van der Waals surface area contributed by atoms with Crippen LogP contribution in [-0.2, 0) is 6.61 Å². The zero-order chi connectivity index (χ0) is 21.1. The standard InChI is InChI=1S/C22H20N4O4/c1-14-3-5-15(6-4-14)25-22(28)19-12-23-26-20(27)11-16(24-21(19)26)13-30-18-9-7-17(29-2)8-10-18/h3-12,23H,13H2,1-2H3,(H,25,28). The molecule has 8 heteroatoms. The van der Waals surface area contributed by atoms with Gasteiger partial charge in [0.05, 0.1) is 12.8 Å². The second-order valence-electron chi connectivity index (χ2n) is 6.72. The second kappa shape index (κ2) is 8.12. The van der Waals surface area contributed by atoms with E-state index in [1.807, 2.05) is 31.2 Å². The number of carbonyl (C=O) groups is 1. The monoisotopic (exact) mass is 404 g/mol. The summed E-state index contributed by atoms with van der Waals surface area (Å²) in [6, 6.07) is 15.9. The molecular formula is C22H20N4O4. The van der Waals surface area contributed by atoms with Gasteiger partial charge >= 0.3 is 0 Å². The summed E-state index contributed by atoms with van der Waals surface area (Å²) >= 11 is 0. The summed E-state index contributed by atoms with van der Waals surface area (Å²) in [4.78, 5) is 29.6. The Bertz CT molecular complexity index is 1240. The van der Waals surface area contributed by atoms with Crippen LogP contribution in [0, 0.1) is 6.92 Å². The van der Waals surface area contributed by atoms with Gasteiger partial charge in [-0.3, -0.25) is 14.7 Å². The molecule has 152 valence electrons. The Morgan fingerprint density at radius 1 is 1.10 bits per heavy atom. The van der Waals surface area contributed by atoms with Crippen molar-refractivity contribution in [1.82, 2.24) is 14.6 Å². The second-order valence-corrected chi connectivity index (χ2v) is 6.72. The number of rotatable bonds is 6. The van der Waals surface area contributed by atoms with Gasteiger partial charge in [-0.25, -0.2) is 9.50 Å². The molecule has 0 fully saturated rings. The van der Waals surface area contributed by atoms with Gasteiger partial charge in [-0.05, 0) is 43.3 Å². The van der Waals surface area contributed by atoms with Gasteiger partial charge in [-0.1, -0.05) is 17.7 Å². The Balaban J connectivity index is 1.56. The van der Waals surface area contributed by atoms with Gasteiger partial charge in [-0.15, -0.1) is 0 Å². The first kappa shape index (κ1) is 19.3. The van der Waals surface area contributed by atoms with Crippen molar-refractivity contribution in [2.75, 3.05) is 12.4 Å². The van der Waals surface area contributed by atoms with Crippen LogP contribution in [0.15, 0.2) is 65.6 Å². The maximum atomic E-state index is 12.7. The van der Waals surface area contributed by atoms with Crippen LogP contribution in [0.1, 0.15) is 21.6 Å². The van der Waals surface area contributed by atoms with Crippen LogP contribution in [0.5, 0.6) is 11.5 Å². The summed E-state index contributed by atoms with van der Waals surface area (Å²) in [6.07, 6.45) is 1.46. The number of aromatic nitrogens is 3. The van der Waals surface area contributed by atoms with Gasteiger partial charge in [0.1, 0.15) is 23.7 Å². The van der Waals surface area contributed by atoms with Crippen molar-refractivity contribution in [1.29, 1.82) is 0 Å². The van der Waals surface area contributed by atoms with Crippen LogP contribution in [0.2, 0.25) is 0 Å². The van der Waals surface area contributed by atoms with Crippen LogP contribution in [0.4, 0.5) is 5.69 Å². The number of anilines is 1. The molecule has 0 aliphatic carbocycles. The summed E-state index contributed by atoms with van der Waals surface area (Å²) < 4.78 is 12.0. The van der Waals surface area contributed by atoms with E-state index in [9.17, 15) is 9.59 Å². The lowest BCUT2D eigenvalue weighted by molar-refractivity contribution is 0.102. The molecule has 2 aromatic carbocycles. The lowest BCUT2D eigenvalue weighted by Crippen LogP contribution is -2.18. The molecule has 0 unspecified atom stereocenters. The van der Waals surface area contributed by atoms with Crippen molar-refractivity contribution < 1.29 is 14.3 Å². The van der Waals surface area contributed by atoms with Gasteiger partial charge in [0.25, 0.3) is 11.5 Å². The molecule has 2 N–H and O–H groups in total. The number of fused-ring (bicyclic) bond motifs is 1. The molecule has 4 aromatic rings. The summed E-state index contributed by atoms with van der Waals surface area (Å²) in [6.45, 7) is 2.05. The molecule has 0 aliphatic rings. The number of aromatic amines is 1. The molecule has 0 aliphatic heterocycles. The lowest BCUT2D eigenvalue weighted by atomic mass is 10.2. The number of aryl methyl sites for hydroxylation is 1. The van der Waals surface area contributed by atoms with E-state index in [2.05, 4.69) is 15.4 Å². The molecule has 0 saturated heterocycles. The van der Waals surface area contributed by atoms with E-state index in [1.165, 1.54) is 16.8 Å². The fourth-order valence-corrected chi connectivity index (χ4v) is 2.93. The maximum Gasteiger partial charge on any atom is 0.273 e. The Labute approximate surface area is 172 Å². The number of carbonyl (C=O) groups excluding carboxylic acids is 1. The quantitative estimate of drug-likeness (QED) is 0.514. The van der Waals surface area contributed by atoms with Crippen LogP contribution in [0.25, 0.3) is 5.65 Å². The third kappa shape index (κ3) is 4.02. The van der Waals surface area contributed by atoms with Crippen molar-refractivity contribution in [3.8, 4) is 11.5 Å². The van der Waals surface area contributed by atoms with E-state index in [-0.39, 0.29) is 29.3 Å². The number of benzene rings is 2. The molecule has 30 heavy (non-hydrogen) atoms. The SMILES string of the molecule is COc1ccc(OCc2cc(=O)n3[nH]cc(C(=O)Nc4ccc(C)cc4)c3n2)cc1. The third-order valence-electron chi connectivity index (χ3n) is 4.55. The molecule has 2 heterocycles. The number of methoxy groups -OCH3 is 1. The number of nitrogens with one attached hydrogen (secondary N) is 2. The first-order valence-corrected chi connectivity index (χ1v) is 9.28. The van der Waals surface area contributed by atoms with Gasteiger partial charge in [0, 0.05) is 18.0 Å². The Hall–Kier alpha value is -4.07. The third-order valence-corrected chi connectivity index (χ3v) is 4.55. The molecule has 4 rings (SSSR count). The Morgan fingerprint density at radius 2 is 1.80 bits per heavy atom. The smallest absolute Gasteiger partial charge is 0.273 e. The minimum atomic E-state index is -0.363. The van der Waals surface area contributed by atoms with E-state index < -0.39 is 0 Å². The van der Waals surface area contributed by atoms with E-state index in [0.29, 0.717) is 17.1 Å².